The smallest absolute Gasteiger partial charge is 0.228 e. The van der Waals surface area contributed by atoms with Gasteiger partial charge in [0.15, 0.2) is 0 Å². The number of hydrogen-bond donors (Lipinski definition) is 0. The van der Waals surface area contributed by atoms with Crippen molar-refractivity contribution in [1.82, 2.24) is 0 Å². The third kappa shape index (κ3) is 2.22. The average molecular weight is 353 g/mol. The van der Waals surface area contributed by atoms with E-state index in [1.807, 2.05) is 12.1 Å². The van der Waals surface area contributed by atoms with Crippen molar-refractivity contribution in [2.24, 2.45) is 0 Å². The summed E-state index contributed by atoms with van der Waals surface area (Å²) in [5, 5.41) is 0.623. The second kappa shape index (κ2) is 4.44. The van der Waals surface area contributed by atoms with Crippen molar-refractivity contribution in [3.63, 3.8) is 0 Å². The first kappa shape index (κ1) is 11.4. The zero-order valence-corrected chi connectivity index (χ0v) is 11.6. The van der Waals surface area contributed by atoms with E-state index < -0.39 is 0 Å². The molecule has 5 heteroatoms. The first-order valence-corrected chi connectivity index (χ1v) is 6.56. The van der Waals surface area contributed by atoms with Gasteiger partial charge in [-0.2, -0.15) is 0 Å². The van der Waals surface area contributed by atoms with Gasteiger partial charge in [0.1, 0.15) is 0 Å². The molecule has 0 spiro atoms. The van der Waals surface area contributed by atoms with Crippen molar-refractivity contribution in [2.75, 3.05) is 11.4 Å². The highest BCUT2D eigenvalue weighted by atomic mass is 79.9. The number of benzene rings is 1. The molecule has 0 N–H and O–H groups in total. The van der Waals surface area contributed by atoms with E-state index in [1.165, 1.54) is 0 Å². The van der Waals surface area contributed by atoms with E-state index in [-0.39, 0.29) is 10.7 Å². The quantitative estimate of drug-likeness (QED) is 0.707. The minimum Gasteiger partial charge on any atom is -0.310 e. The molecule has 1 aliphatic heterocycles. The molecule has 1 aromatic rings. The van der Waals surface area contributed by atoms with Gasteiger partial charge >= 0.3 is 0 Å². The Bertz CT molecular complexity index is 410. The molecule has 1 heterocycles. The molecule has 0 saturated carbocycles. The Hall–Kier alpha value is -0.0600. The summed E-state index contributed by atoms with van der Waals surface area (Å²) in [7, 11) is 0. The average Bonchev–Trinajstić information content (AvgIpc) is 2.50. The predicted molar refractivity (Wildman–Crippen MR) is 68.8 cm³/mol. The third-order valence-corrected chi connectivity index (χ3v) is 4.29. The summed E-state index contributed by atoms with van der Waals surface area (Å²) < 4.78 is 0.779. The minimum atomic E-state index is 0.125. The zero-order chi connectivity index (χ0) is 11.0. The number of nitrogens with zero attached hydrogens (tertiary/aromatic N) is 1. The van der Waals surface area contributed by atoms with Crippen LogP contribution in [0.4, 0.5) is 5.69 Å². The van der Waals surface area contributed by atoms with E-state index >= 15 is 0 Å². The monoisotopic (exact) mass is 351 g/mol. The van der Waals surface area contributed by atoms with Crippen molar-refractivity contribution in [3.8, 4) is 0 Å². The van der Waals surface area contributed by atoms with Gasteiger partial charge in [-0.25, -0.2) is 0 Å². The predicted octanol–water partition coefficient (Wildman–Crippen LogP) is 3.60. The van der Waals surface area contributed by atoms with Crippen LogP contribution in [0.3, 0.4) is 0 Å². The van der Waals surface area contributed by atoms with Crippen LogP contribution in [-0.4, -0.2) is 17.3 Å². The zero-order valence-electron chi connectivity index (χ0n) is 7.71. The molecule has 1 saturated heterocycles. The Morgan fingerprint density at radius 1 is 1.47 bits per heavy atom. The van der Waals surface area contributed by atoms with E-state index in [4.69, 9.17) is 11.6 Å². The molecular weight excluding hydrogens is 345 g/mol. The standard InChI is InChI=1S/C10H8Br2ClNO/c11-6-4-9(15)14(5-6)8-3-1-2-7(13)10(8)12/h1-3,6H,4-5H2. The number of anilines is 1. The molecule has 0 aliphatic carbocycles. The van der Waals surface area contributed by atoms with Gasteiger partial charge < -0.3 is 4.90 Å². The maximum Gasteiger partial charge on any atom is 0.228 e. The SMILES string of the molecule is O=C1CC(Br)CN1c1cccc(Cl)c1Br. The number of rotatable bonds is 1. The lowest BCUT2D eigenvalue weighted by molar-refractivity contribution is -0.117. The van der Waals surface area contributed by atoms with Crippen LogP contribution in [0.25, 0.3) is 0 Å². The highest BCUT2D eigenvalue weighted by molar-refractivity contribution is 9.10. The maximum absolute atomic E-state index is 11.7. The Balaban J connectivity index is 2.38. The third-order valence-electron chi connectivity index (χ3n) is 2.30. The van der Waals surface area contributed by atoms with Crippen LogP contribution in [0, 0.1) is 0 Å². The van der Waals surface area contributed by atoms with Crippen LogP contribution in [-0.2, 0) is 4.79 Å². The fourth-order valence-corrected chi connectivity index (χ4v) is 2.81. The number of hydrogen-bond acceptors (Lipinski definition) is 1. The lowest BCUT2D eigenvalue weighted by Crippen LogP contribution is -2.24. The summed E-state index contributed by atoms with van der Waals surface area (Å²) in [6.45, 7) is 0.692. The van der Waals surface area contributed by atoms with Crippen molar-refractivity contribution < 1.29 is 4.79 Å². The Kier molecular flexibility index (Phi) is 3.38. The number of carbonyl (C=O) groups excluding carboxylic acids is 1. The Labute approximate surface area is 110 Å². The molecule has 1 fully saturated rings. The lowest BCUT2D eigenvalue weighted by atomic mass is 10.3. The number of carbonyl (C=O) groups is 1. The molecular formula is C10H8Br2ClNO. The largest absolute Gasteiger partial charge is 0.310 e. The summed E-state index contributed by atoms with van der Waals surface area (Å²) >= 11 is 12.8. The van der Waals surface area contributed by atoms with E-state index in [2.05, 4.69) is 31.9 Å². The maximum atomic E-state index is 11.7. The lowest BCUT2D eigenvalue weighted by Gasteiger charge is -2.18. The number of alkyl halides is 1. The van der Waals surface area contributed by atoms with Gasteiger partial charge in [-0.15, -0.1) is 0 Å². The summed E-state index contributed by atoms with van der Waals surface area (Å²) in [5.74, 6) is 0.125. The van der Waals surface area contributed by atoms with Crippen LogP contribution >= 0.6 is 43.5 Å². The van der Waals surface area contributed by atoms with Gasteiger partial charge in [-0.3, -0.25) is 4.79 Å². The minimum absolute atomic E-state index is 0.125. The molecule has 15 heavy (non-hydrogen) atoms. The number of halogens is 3. The molecule has 2 nitrogen and oxygen atoms in total. The van der Waals surface area contributed by atoms with Crippen molar-refractivity contribution in [1.29, 1.82) is 0 Å². The second-order valence-corrected chi connectivity index (χ2v) is 5.87. The van der Waals surface area contributed by atoms with E-state index in [0.29, 0.717) is 18.0 Å². The molecule has 0 bridgehead atoms. The van der Waals surface area contributed by atoms with Crippen molar-refractivity contribution in [2.45, 2.75) is 11.2 Å². The van der Waals surface area contributed by atoms with Crippen molar-refractivity contribution >= 4 is 55.1 Å². The van der Waals surface area contributed by atoms with Gasteiger partial charge in [0, 0.05) is 17.8 Å². The number of amides is 1. The molecule has 1 atom stereocenters. The molecule has 1 unspecified atom stereocenters. The molecule has 1 aliphatic rings. The molecule has 1 aromatic carbocycles. The topological polar surface area (TPSA) is 20.3 Å². The van der Waals surface area contributed by atoms with Crippen LogP contribution in [0.2, 0.25) is 5.02 Å². The highest BCUT2D eigenvalue weighted by Crippen LogP contribution is 2.35. The second-order valence-electron chi connectivity index (χ2n) is 3.38. The molecule has 80 valence electrons. The normalized spacial score (nSPS) is 21.1. The summed E-state index contributed by atoms with van der Waals surface area (Å²) in [6.07, 6.45) is 0.541. The fraction of sp³-hybridized carbons (Fsp3) is 0.300. The highest BCUT2D eigenvalue weighted by Gasteiger charge is 2.30. The molecule has 2 rings (SSSR count). The molecule has 1 amide bonds. The van der Waals surface area contributed by atoms with Gasteiger partial charge in [0.25, 0.3) is 0 Å². The van der Waals surface area contributed by atoms with Crippen LogP contribution in [0.5, 0.6) is 0 Å². The summed E-state index contributed by atoms with van der Waals surface area (Å²) in [4.78, 5) is 13.7. The van der Waals surface area contributed by atoms with E-state index in [1.54, 1.807) is 11.0 Å². The van der Waals surface area contributed by atoms with Crippen LogP contribution in [0.15, 0.2) is 22.7 Å². The van der Waals surface area contributed by atoms with E-state index in [9.17, 15) is 4.79 Å². The first-order chi connectivity index (χ1) is 7.09. The van der Waals surface area contributed by atoms with Gasteiger partial charge in [0.05, 0.1) is 15.2 Å². The van der Waals surface area contributed by atoms with Crippen LogP contribution in [0.1, 0.15) is 6.42 Å². The fourth-order valence-electron chi connectivity index (χ4n) is 1.60. The van der Waals surface area contributed by atoms with Crippen LogP contribution < -0.4 is 4.90 Å². The Morgan fingerprint density at radius 2 is 2.20 bits per heavy atom. The van der Waals surface area contributed by atoms with Crippen molar-refractivity contribution in [3.05, 3.63) is 27.7 Å². The van der Waals surface area contributed by atoms with Gasteiger partial charge in [-0.1, -0.05) is 33.6 Å². The summed E-state index contributed by atoms with van der Waals surface area (Å²) in [5.41, 5.74) is 0.842. The molecule has 0 radical (unpaired) electrons. The molecule has 0 aromatic heterocycles. The Morgan fingerprint density at radius 3 is 2.80 bits per heavy atom. The van der Waals surface area contributed by atoms with E-state index in [0.717, 1.165) is 10.2 Å². The van der Waals surface area contributed by atoms with Gasteiger partial charge in [-0.05, 0) is 28.1 Å². The summed E-state index contributed by atoms with van der Waals surface area (Å²) in [6, 6.07) is 5.53. The van der Waals surface area contributed by atoms with Gasteiger partial charge in [0.2, 0.25) is 5.91 Å². The first-order valence-electron chi connectivity index (χ1n) is 4.48.